The van der Waals surface area contributed by atoms with Crippen molar-refractivity contribution in [2.45, 2.75) is 12.5 Å². The molecule has 1 fully saturated rings. The third kappa shape index (κ3) is 2.67. The number of hydrogen-bond donors (Lipinski definition) is 2. The van der Waals surface area contributed by atoms with Gasteiger partial charge in [-0.1, -0.05) is 41.7 Å². The van der Waals surface area contributed by atoms with Crippen LogP contribution in [-0.2, 0) is 0 Å². The number of aliphatic hydroxyl groups is 2. The molecule has 1 aliphatic rings. The lowest BCUT2D eigenvalue weighted by atomic mass is 9.95. The predicted octanol–water partition coefficient (Wildman–Crippen LogP) is 1.38. The number of aliphatic hydroxyl groups excluding tert-OH is 2. The van der Waals surface area contributed by atoms with Crippen LogP contribution in [0.1, 0.15) is 6.42 Å². The van der Waals surface area contributed by atoms with E-state index in [0.717, 1.165) is 28.7 Å². The van der Waals surface area contributed by atoms with Crippen LogP contribution in [0.4, 0.5) is 5.13 Å². The second-order valence-corrected chi connectivity index (χ2v) is 5.96. The minimum atomic E-state index is -0.502. The summed E-state index contributed by atoms with van der Waals surface area (Å²) in [4.78, 5) is 2.04. The van der Waals surface area contributed by atoms with Crippen molar-refractivity contribution in [3.63, 3.8) is 0 Å². The number of aromatic nitrogens is 2. The minimum Gasteiger partial charge on any atom is -0.396 e. The van der Waals surface area contributed by atoms with Gasteiger partial charge in [-0.3, -0.25) is 0 Å². The van der Waals surface area contributed by atoms with Crippen LogP contribution in [0.2, 0.25) is 0 Å². The predicted molar refractivity (Wildman–Crippen MR) is 78.8 cm³/mol. The van der Waals surface area contributed by atoms with Crippen molar-refractivity contribution in [3.05, 3.63) is 30.3 Å². The monoisotopic (exact) mass is 291 g/mol. The summed E-state index contributed by atoms with van der Waals surface area (Å²) < 4.78 is 0. The number of piperidine rings is 1. The van der Waals surface area contributed by atoms with Gasteiger partial charge in [0.1, 0.15) is 5.01 Å². The first-order valence-corrected chi connectivity index (χ1v) is 7.52. The van der Waals surface area contributed by atoms with Crippen LogP contribution < -0.4 is 4.90 Å². The van der Waals surface area contributed by atoms with E-state index in [4.69, 9.17) is 5.11 Å². The van der Waals surface area contributed by atoms with E-state index in [2.05, 4.69) is 10.2 Å². The van der Waals surface area contributed by atoms with E-state index < -0.39 is 6.10 Å². The molecule has 0 radical (unpaired) electrons. The van der Waals surface area contributed by atoms with E-state index in [9.17, 15) is 5.11 Å². The molecule has 2 N–H and O–H groups in total. The van der Waals surface area contributed by atoms with E-state index in [0.29, 0.717) is 6.54 Å². The smallest absolute Gasteiger partial charge is 0.208 e. The van der Waals surface area contributed by atoms with Crippen molar-refractivity contribution >= 4 is 16.5 Å². The molecular weight excluding hydrogens is 274 g/mol. The Balaban J connectivity index is 1.75. The Morgan fingerprint density at radius 1 is 1.25 bits per heavy atom. The first-order valence-electron chi connectivity index (χ1n) is 6.70. The molecule has 3 rings (SSSR count). The number of hydrogen-bond acceptors (Lipinski definition) is 6. The lowest BCUT2D eigenvalue weighted by Gasteiger charge is -2.34. The maximum Gasteiger partial charge on any atom is 0.208 e. The Kier molecular flexibility index (Phi) is 3.95. The largest absolute Gasteiger partial charge is 0.396 e. The Morgan fingerprint density at radius 2 is 2.05 bits per heavy atom. The van der Waals surface area contributed by atoms with Gasteiger partial charge >= 0.3 is 0 Å². The van der Waals surface area contributed by atoms with Crippen LogP contribution in [0.3, 0.4) is 0 Å². The second-order valence-electron chi connectivity index (χ2n) is 5.00. The maximum atomic E-state index is 9.98. The van der Waals surface area contributed by atoms with Crippen molar-refractivity contribution in [3.8, 4) is 10.6 Å². The topological polar surface area (TPSA) is 69.5 Å². The van der Waals surface area contributed by atoms with Crippen LogP contribution in [0.5, 0.6) is 0 Å². The molecule has 0 spiro atoms. The molecule has 0 saturated carbocycles. The molecule has 1 aromatic heterocycles. The molecule has 0 aliphatic carbocycles. The molecule has 2 atom stereocenters. The molecule has 2 aromatic rings. The zero-order chi connectivity index (χ0) is 13.9. The summed E-state index contributed by atoms with van der Waals surface area (Å²) in [5.74, 6) is -0.0206. The lowest BCUT2D eigenvalue weighted by Crippen LogP contribution is -2.45. The van der Waals surface area contributed by atoms with Crippen LogP contribution >= 0.6 is 11.3 Å². The van der Waals surface area contributed by atoms with E-state index in [1.54, 1.807) is 0 Å². The first-order chi connectivity index (χ1) is 9.78. The molecule has 0 unspecified atom stereocenters. The van der Waals surface area contributed by atoms with E-state index in [1.807, 2.05) is 35.2 Å². The van der Waals surface area contributed by atoms with Gasteiger partial charge in [0.25, 0.3) is 0 Å². The fourth-order valence-corrected chi connectivity index (χ4v) is 3.29. The summed E-state index contributed by atoms with van der Waals surface area (Å²) in [5, 5.41) is 29.3. The van der Waals surface area contributed by atoms with Gasteiger partial charge in [0, 0.05) is 31.2 Å². The number of rotatable bonds is 3. The van der Waals surface area contributed by atoms with E-state index >= 15 is 0 Å². The van der Waals surface area contributed by atoms with Crippen molar-refractivity contribution in [2.24, 2.45) is 5.92 Å². The van der Waals surface area contributed by atoms with E-state index in [-0.39, 0.29) is 12.5 Å². The summed E-state index contributed by atoms with van der Waals surface area (Å²) in [6.45, 7) is 1.35. The SMILES string of the molecule is OC[C@H]1CCN(c2nnc(-c3ccccc3)s2)C[C@H]1O. The first kappa shape index (κ1) is 13.5. The molecule has 1 aromatic carbocycles. The van der Waals surface area contributed by atoms with Gasteiger partial charge in [-0.05, 0) is 6.42 Å². The Hall–Kier alpha value is -1.50. The highest BCUT2D eigenvalue weighted by Crippen LogP contribution is 2.30. The molecule has 1 saturated heterocycles. The summed E-state index contributed by atoms with van der Waals surface area (Å²) in [7, 11) is 0. The van der Waals surface area contributed by atoms with Crippen molar-refractivity contribution in [2.75, 3.05) is 24.6 Å². The highest BCUT2D eigenvalue weighted by molar-refractivity contribution is 7.18. The molecule has 20 heavy (non-hydrogen) atoms. The van der Waals surface area contributed by atoms with Gasteiger partial charge in [0.15, 0.2) is 0 Å². The van der Waals surface area contributed by atoms with Crippen molar-refractivity contribution < 1.29 is 10.2 Å². The van der Waals surface area contributed by atoms with Gasteiger partial charge in [0.05, 0.1) is 6.10 Å². The standard InChI is InChI=1S/C14H17N3O2S/c18-9-11-6-7-17(8-12(11)19)14-16-15-13(20-14)10-4-2-1-3-5-10/h1-5,11-12,18-19H,6-9H2/t11-,12-/m1/s1. The van der Waals surface area contributed by atoms with Gasteiger partial charge in [-0.25, -0.2) is 0 Å². The highest BCUT2D eigenvalue weighted by Gasteiger charge is 2.28. The highest BCUT2D eigenvalue weighted by atomic mass is 32.1. The summed E-state index contributed by atoms with van der Waals surface area (Å²) in [6, 6.07) is 9.95. The van der Waals surface area contributed by atoms with Crippen LogP contribution in [-0.4, -0.2) is 46.2 Å². The van der Waals surface area contributed by atoms with Crippen molar-refractivity contribution in [1.82, 2.24) is 10.2 Å². The molecule has 2 heterocycles. The summed E-state index contributed by atoms with van der Waals surface area (Å²) in [6.07, 6.45) is 0.274. The average molecular weight is 291 g/mol. The van der Waals surface area contributed by atoms with Crippen LogP contribution in [0.25, 0.3) is 10.6 Å². The summed E-state index contributed by atoms with van der Waals surface area (Å²) in [5.41, 5.74) is 1.06. The molecule has 6 heteroatoms. The number of nitrogens with zero attached hydrogens (tertiary/aromatic N) is 3. The van der Waals surface area contributed by atoms with Gasteiger partial charge < -0.3 is 15.1 Å². The van der Waals surface area contributed by atoms with Gasteiger partial charge in [0.2, 0.25) is 5.13 Å². The zero-order valence-electron chi connectivity index (χ0n) is 11.0. The molecule has 0 bridgehead atoms. The summed E-state index contributed by atoms with van der Waals surface area (Å²) >= 11 is 1.53. The maximum absolute atomic E-state index is 9.98. The zero-order valence-corrected chi connectivity index (χ0v) is 11.8. The third-order valence-electron chi connectivity index (χ3n) is 3.66. The van der Waals surface area contributed by atoms with E-state index in [1.165, 1.54) is 11.3 Å². The Morgan fingerprint density at radius 3 is 2.75 bits per heavy atom. The normalized spacial score (nSPS) is 23.0. The minimum absolute atomic E-state index is 0.0206. The van der Waals surface area contributed by atoms with Gasteiger partial charge in [-0.2, -0.15) is 0 Å². The molecule has 0 amide bonds. The lowest BCUT2D eigenvalue weighted by molar-refractivity contribution is 0.0547. The number of benzene rings is 1. The number of anilines is 1. The quantitative estimate of drug-likeness (QED) is 0.894. The third-order valence-corrected chi connectivity index (χ3v) is 4.69. The Bertz CT molecular complexity index is 561. The average Bonchev–Trinajstić information content (AvgIpc) is 2.98. The molecule has 1 aliphatic heterocycles. The second kappa shape index (κ2) is 5.87. The fourth-order valence-electron chi connectivity index (χ4n) is 2.41. The molecule has 5 nitrogen and oxygen atoms in total. The van der Waals surface area contributed by atoms with Crippen molar-refractivity contribution in [1.29, 1.82) is 0 Å². The van der Waals surface area contributed by atoms with Crippen LogP contribution in [0, 0.1) is 5.92 Å². The van der Waals surface area contributed by atoms with Crippen LogP contribution in [0.15, 0.2) is 30.3 Å². The molecular formula is C14H17N3O2S. The Labute approximate surface area is 121 Å². The fraction of sp³-hybridized carbons (Fsp3) is 0.429. The number of β-amino-alcohol motifs (C(OH)–C–C–N with tert-alkyl or cyclic N) is 1. The molecule has 106 valence electrons. The van der Waals surface area contributed by atoms with Gasteiger partial charge in [-0.15, -0.1) is 10.2 Å².